The van der Waals surface area contributed by atoms with Gasteiger partial charge in [0.1, 0.15) is 0 Å². The third kappa shape index (κ3) is 3.22. The molecule has 1 nitrogen and oxygen atoms in total. The number of fused-ring (bicyclic) bond motifs is 1. The van der Waals surface area contributed by atoms with Gasteiger partial charge in [0.2, 0.25) is 0 Å². The van der Waals surface area contributed by atoms with E-state index in [4.69, 9.17) is 0 Å². The van der Waals surface area contributed by atoms with Crippen molar-refractivity contribution in [1.82, 2.24) is 5.32 Å². The molecule has 0 heterocycles. The van der Waals surface area contributed by atoms with E-state index in [1.165, 1.54) is 17.5 Å². The molecule has 0 spiro atoms. The molecule has 0 saturated carbocycles. The molecular weight excluding hydrogens is 218 g/mol. The SMILES string of the molecule is C=CCNC1C=Cc2ccccc2CC1.Cl. The van der Waals surface area contributed by atoms with Crippen molar-refractivity contribution >= 4 is 18.5 Å². The summed E-state index contributed by atoms with van der Waals surface area (Å²) in [6.45, 7) is 4.60. The van der Waals surface area contributed by atoms with Gasteiger partial charge in [-0.25, -0.2) is 0 Å². The molecule has 0 bridgehead atoms. The van der Waals surface area contributed by atoms with Crippen molar-refractivity contribution in [2.24, 2.45) is 0 Å². The highest BCUT2D eigenvalue weighted by Crippen LogP contribution is 2.18. The topological polar surface area (TPSA) is 12.0 Å². The van der Waals surface area contributed by atoms with Gasteiger partial charge in [0.05, 0.1) is 0 Å². The van der Waals surface area contributed by atoms with Crippen molar-refractivity contribution < 1.29 is 0 Å². The zero-order valence-electron chi connectivity index (χ0n) is 9.36. The molecule has 0 aliphatic heterocycles. The summed E-state index contributed by atoms with van der Waals surface area (Å²) < 4.78 is 0. The molecule has 1 aromatic rings. The van der Waals surface area contributed by atoms with E-state index in [9.17, 15) is 0 Å². The Hall–Kier alpha value is -1.05. The summed E-state index contributed by atoms with van der Waals surface area (Å²) in [5.74, 6) is 0. The van der Waals surface area contributed by atoms with E-state index in [1.54, 1.807) is 0 Å². The lowest BCUT2D eigenvalue weighted by atomic mass is 10.0. The van der Waals surface area contributed by atoms with Gasteiger partial charge in [-0.15, -0.1) is 19.0 Å². The highest BCUT2D eigenvalue weighted by Gasteiger charge is 2.09. The van der Waals surface area contributed by atoms with E-state index in [0.717, 1.165) is 13.0 Å². The van der Waals surface area contributed by atoms with Gasteiger partial charge in [-0.2, -0.15) is 0 Å². The molecule has 2 heteroatoms. The average molecular weight is 236 g/mol. The second-order valence-corrected chi connectivity index (χ2v) is 3.90. The van der Waals surface area contributed by atoms with E-state index in [2.05, 4.69) is 48.3 Å². The molecule has 0 amide bonds. The molecule has 0 aromatic heterocycles. The summed E-state index contributed by atoms with van der Waals surface area (Å²) in [6.07, 6.45) is 8.71. The molecule has 0 radical (unpaired) electrons. The van der Waals surface area contributed by atoms with E-state index in [0.29, 0.717) is 6.04 Å². The fraction of sp³-hybridized carbons (Fsp3) is 0.286. The standard InChI is InChI=1S/C14H17N.ClH/c1-2-11-15-14-9-7-12-5-3-4-6-13(12)8-10-14;/h2-7,9,14-15H,1,8,10-11H2;1H. The molecular formula is C14H18ClN. The molecule has 1 atom stereocenters. The van der Waals surface area contributed by atoms with Crippen LogP contribution in [0.4, 0.5) is 0 Å². The first-order valence-electron chi connectivity index (χ1n) is 5.50. The van der Waals surface area contributed by atoms with Crippen LogP contribution < -0.4 is 5.32 Å². The van der Waals surface area contributed by atoms with E-state index >= 15 is 0 Å². The van der Waals surface area contributed by atoms with E-state index in [-0.39, 0.29) is 12.4 Å². The summed E-state index contributed by atoms with van der Waals surface area (Å²) >= 11 is 0. The van der Waals surface area contributed by atoms with E-state index in [1.807, 2.05) is 6.08 Å². The van der Waals surface area contributed by atoms with Crippen LogP contribution in [0.3, 0.4) is 0 Å². The molecule has 1 aliphatic carbocycles. The smallest absolute Gasteiger partial charge is 0.0259 e. The summed E-state index contributed by atoms with van der Waals surface area (Å²) in [7, 11) is 0. The molecule has 1 aliphatic rings. The Kier molecular flexibility index (Phi) is 5.30. The highest BCUT2D eigenvalue weighted by atomic mass is 35.5. The minimum Gasteiger partial charge on any atom is -0.307 e. The second-order valence-electron chi connectivity index (χ2n) is 3.90. The zero-order valence-corrected chi connectivity index (χ0v) is 10.2. The van der Waals surface area contributed by atoms with Crippen molar-refractivity contribution in [2.75, 3.05) is 6.54 Å². The Morgan fingerprint density at radius 2 is 2.19 bits per heavy atom. The number of hydrogen-bond donors (Lipinski definition) is 1. The van der Waals surface area contributed by atoms with Gasteiger partial charge in [0.25, 0.3) is 0 Å². The number of hydrogen-bond acceptors (Lipinski definition) is 1. The normalized spacial score (nSPS) is 18.1. The second kappa shape index (κ2) is 6.51. The van der Waals surface area contributed by atoms with Gasteiger partial charge in [-0.3, -0.25) is 0 Å². The van der Waals surface area contributed by atoms with Gasteiger partial charge in [0.15, 0.2) is 0 Å². The minimum atomic E-state index is 0. The summed E-state index contributed by atoms with van der Waals surface area (Å²) in [5.41, 5.74) is 2.82. The van der Waals surface area contributed by atoms with Crippen LogP contribution in [0.25, 0.3) is 6.08 Å². The summed E-state index contributed by atoms with van der Waals surface area (Å²) in [4.78, 5) is 0. The molecule has 0 saturated heterocycles. The molecule has 86 valence electrons. The summed E-state index contributed by atoms with van der Waals surface area (Å²) in [5, 5.41) is 3.44. The Bertz CT molecular complexity index is 371. The quantitative estimate of drug-likeness (QED) is 0.794. The van der Waals surface area contributed by atoms with Gasteiger partial charge in [0, 0.05) is 12.6 Å². The lowest BCUT2D eigenvalue weighted by molar-refractivity contribution is 0.593. The first kappa shape index (κ1) is 13.0. The number of halogens is 1. The largest absolute Gasteiger partial charge is 0.307 e. The number of rotatable bonds is 3. The van der Waals surface area contributed by atoms with Gasteiger partial charge < -0.3 is 5.32 Å². The first-order chi connectivity index (χ1) is 7.40. The van der Waals surface area contributed by atoms with E-state index < -0.39 is 0 Å². The fourth-order valence-electron chi connectivity index (χ4n) is 1.96. The van der Waals surface area contributed by atoms with Crippen LogP contribution in [-0.4, -0.2) is 12.6 Å². The molecule has 1 N–H and O–H groups in total. The Balaban J connectivity index is 0.00000128. The van der Waals surface area contributed by atoms with Crippen LogP contribution >= 0.6 is 12.4 Å². The van der Waals surface area contributed by atoms with Crippen molar-refractivity contribution in [3.8, 4) is 0 Å². The van der Waals surface area contributed by atoms with Crippen molar-refractivity contribution in [2.45, 2.75) is 18.9 Å². The maximum atomic E-state index is 3.72. The Morgan fingerprint density at radius 1 is 1.38 bits per heavy atom. The molecule has 1 aromatic carbocycles. The number of benzene rings is 1. The van der Waals surface area contributed by atoms with Crippen molar-refractivity contribution in [3.05, 3.63) is 54.1 Å². The van der Waals surface area contributed by atoms with Crippen LogP contribution in [-0.2, 0) is 6.42 Å². The maximum Gasteiger partial charge on any atom is 0.0259 e. The molecule has 2 rings (SSSR count). The average Bonchev–Trinajstić information content (AvgIpc) is 2.49. The molecule has 16 heavy (non-hydrogen) atoms. The van der Waals surface area contributed by atoms with Crippen LogP contribution in [0.2, 0.25) is 0 Å². The van der Waals surface area contributed by atoms with Crippen LogP contribution in [0.1, 0.15) is 17.5 Å². The van der Waals surface area contributed by atoms with Crippen molar-refractivity contribution in [3.63, 3.8) is 0 Å². The zero-order chi connectivity index (χ0) is 10.5. The fourth-order valence-corrected chi connectivity index (χ4v) is 1.96. The van der Waals surface area contributed by atoms with Gasteiger partial charge >= 0.3 is 0 Å². The Labute approximate surface area is 104 Å². The number of aryl methyl sites for hydroxylation is 1. The predicted octanol–water partition coefficient (Wildman–Crippen LogP) is 3.21. The predicted molar refractivity (Wildman–Crippen MR) is 73.0 cm³/mol. The van der Waals surface area contributed by atoms with Crippen molar-refractivity contribution in [1.29, 1.82) is 0 Å². The first-order valence-corrected chi connectivity index (χ1v) is 5.50. The minimum absolute atomic E-state index is 0. The monoisotopic (exact) mass is 235 g/mol. The van der Waals surface area contributed by atoms with Gasteiger partial charge in [-0.05, 0) is 24.0 Å². The van der Waals surface area contributed by atoms with Crippen LogP contribution in [0.15, 0.2) is 43.0 Å². The lowest BCUT2D eigenvalue weighted by Crippen LogP contribution is -2.27. The third-order valence-electron chi connectivity index (χ3n) is 2.81. The summed E-state index contributed by atoms with van der Waals surface area (Å²) in [6, 6.07) is 9.10. The molecule has 1 unspecified atom stereocenters. The Morgan fingerprint density at radius 3 is 3.00 bits per heavy atom. The molecule has 0 fully saturated rings. The van der Waals surface area contributed by atoms with Crippen LogP contribution in [0, 0.1) is 0 Å². The number of nitrogens with one attached hydrogen (secondary N) is 1. The van der Waals surface area contributed by atoms with Gasteiger partial charge in [-0.1, -0.05) is 42.5 Å². The lowest BCUT2D eigenvalue weighted by Gasteiger charge is -2.11. The highest BCUT2D eigenvalue weighted by molar-refractivity contribution is 5.85. The van der Waals surface area contributed by atoms with Crippen LogP contribution in [0.5, 0.6) is 0 Å². The maximum absolute atomic E-state index is 3.72. The third-order valence-corrected chi connectivity index (χ3v) is 2.81.